The summed E-state index contributed by atoms with van der Waals surface area (Å²) in [5.41, 5.74) is 0. The van der Waals surface area contributed by atoms with E-state index in [-0.39, 0.29) is 11.3 Å². The SMILES string of the molecule is O=C(O)/C=C/C1CCCCC1Cl. The van der Waals surface area contributed by atoms with Gasteiger partial charge in [0.1, 0.15) is 0 Å². The molecule has 3 heteroatoms. The van der Waals surface area contributed by atoms with E-state index >= 15 is 0 Å². The van der Waals surface area contributed by atoms with E-state index < -0.39 is 5.97 Å². The second-order valence-electron chi connectivity index (χ2n) is 3.16. The maximum absolute atomic E-state index is 10.2. The highest BCUT2D eigenvalue weighted by Gasteiger charge is 2.20. The molecule has 2 unspecified atom stereocenters. The van der Waals surface area contributed by atoms with Gasteiger partial charge >= 0.3 is 5.97 Å². The van der Waals surface area contributed by atoms with Crippen molar-refractivity contribution in [2.75, 3.05) is 0 Å². The molecule has 1 saturated carbocycles. The van der Waals surface area contributed by atoms with E-state index in [0.29, 0.717) is 0 Å². The Hall–Kier alpha value is -0.500. The molecular formula is C9H13ClO2. The third-order valence-electron chi connectivity index (χ3n) is 2.22. The minimum absolute atomic E-state index is 0.134. The lowest BCUT2D eigenvalue weighted by atomic mass is 9.88. The number of alkyl halides is 1. The van der Waals surface area contributed by atoms with E-state index in [4.69, 9.17) is 16.7 Å². The van der Waals surface area contributed by atoms with Crippen molar-refractivity contribution < 1.29 is 9.90 Å². The Kier molecular flexibility index (Phi) is 3.60. The molecule has 0 aliphatic heterocycles. The summed E-state index contributed by atoms with van der Waals surface area (Å²) in [7, 11) is 0. The molecule has 0 aromatic heterocycles. The maximum atomic E-state index is 10.2. The van der Waals surface area contributed by atoms with Crippen LogP contribution < -0.4 is 0 Å². The molecular weight excluding hydrogens is 176 g/mol. The molecule has 1 fully saturated rings. The zero-order valence-electron chi connectivity index (χ0n) is 6.87. The lowest BCUT2D eigenvalue weighted by Gasteiger charge is -2.23. The molecule has 0 bridgehead atoms. The van der Waals surface area contributed by atoms with E-state index in [9.17, 15) is 4.79 Å². The molecule has 0 amide bonds. The van der Waals surface area contributed by atoms with Gasteiger partial charge < -0.3 is 5.11 Å². The number of hydrogen-bond donors (Lipinski definition) is 1. The molecule has 0 aromatic rings. The maximum Gasteiger partial charge on any atom is 0.327 e. The van der Waals surface area contributed by atoms with Crippen LogP contribution in [-0.4, -0.2) is 16.5 Å². The van der Waals surface area contributed by atoms with Crippen LogP contribution in [0.25, 0.3) is 0 Å². The van der Waals surface area contributed by atoms with Crippen LogP contribution in [0.4, 0.5) is 0 Å². The Labute approximate surface area is 77.2 Å². The first-order chi connectivity index (χ1) is 5.70. The Bertz CT molecular complexity index is 189. The van der Waals surface area contributed by atoms with Gasteiger partial charge in [0, 0.05) is 11.5 Å². The van der Waals surface area contributed by atoms with Crippen molar-refractivity contribution in [3.8, 4) is 0 Å². The van der Waals surface area contributed by atoms with Gasteiger partial charge in [-0.1, -0.05) is 18.9 Å². The molecule has 0 spiro atoms. The van der Waals surface area contributed by atoms with Gasteiger partial charge in [-0.3, -0.25) is 0 Å². The number of carboxylic acids is 1. The number of allylic oxidation sites excluding steroid dienone is 1. The van der Waals surface area contributed by atoms with Crippen LogP contribution in [-0.2, 0) is 4.79 Å². The third-order valence-corrected chi connectivity index (χ3v) is 2.76. The number of halogens is 1. The smallest absolute Gasteiger partial charge is 0.327 e. The van der Waals surface area contributed by atoms with Crippen LogP contribution in [0.15, 0.2) is 12.2 Å². The van der Waals surface area contributed by atoms with Gasteiger partial charge in [0.05, 0.1) is 0 Å². The van der Waals surface area contributed by atoms with Crippen molar-refractivity contribution in [2.24, 2.45) is 5.92 Å². The van der Waals surface area contributed by atoms with Crippen molar-refractivity contribution >= 4 is 17.6 Å². The number of rotatable bonds is 2. The van der Waals surface area contributed by atoms with Gasteiger partial charge in [-0.05, 0) is 18.8 Å². The second kappa shape index (κ2) is 4.51. The first-order valence-electron chi connectivity index (χ1n) is 4.25. The molecule has 1 N–H and O–H groups in total. The molecule has 1 rings (SSSR count). The fourth-order valence-corrected chi connectivity index (χ4v) is 1.90. The number of carboxylic acid groups (broad SMARTS) is 1. The quantitative estimate of drug-likeness (QED) is 0.534. The normalized spacial score (nSPS) is 30.8. The summed E-state index contributed by atoms with van der Waals surface area (Å²) >= 11 is 6.02. The zero-order valence-corrected chi connectivity index (χ0v) is 7.63. The van der Waals surface area contributed by atoms with Gasteiger partial charge in [0.15, 0.2) is 0 Å². The van der Waals surface area contributed by atoms with Crippen molar-refractivity contribution in [1.82, 2.24) is 0 Å². The number of carbonyl (C=O) groups is 1. The van der Waals surface area contributed by atoms with Crippen molar-refractivity contribution in [3.05, 3.63) is 12.2 Å². The second-order valence-corrected chi connectivity index (χ2v) is 3.72. The van der Waals surface area contributed by atoms with Gasteiger partial charge in [0.2, 0.25) is 0 Å². The van der Waals surface area contributed by atoms with E-state index in [1.807, 2.05) is 0 Å². The summed E-state index contributed by atoms with van der Waals surface area (Å²) < 4.78 is 0. The molecule has 0 heterocycles. The van der Waals surface area contributed by atoms with E-state index in [1.54, 1.807) is 6.08 Å². The average Bonchev–Trinajstić information content (AvgIpc) is 2.03. The van der Waals surface area contributed by atoms with Crippen molar-refractivity contribution in [2.45, 2.75) is 31.1 Å². The molecule has 68 valence electrons. The Balaban J connectivity index is 2.43. The fraction of sp³-hybridized carbons (Fsp3) is 0.667. The Morgan fingerprint density at radius 1 is 1.42 bits per heavy atom. The standard InChI is InChI=1S/C9H13ClO2/c10-8-4-2-1-3-7(8)5-6-9(11)12/h5-8H,1-4H2,(H,11,12)/b6-5+. The van der Waals surface area contributed by atoms with Crippen LogP contribution in [0, 0.1) is 5.92 Å². The van der Waals surface area contributed by atoms with Gasteiger partial charge in [-0.15, -0.1) is 11.6 Å². The van der Waals surface area contributed by atoms with Crippen LogP contribution in [0.1, 0.15) is 25.7 Å². The minimum Gasteiger partial charge on any atom is -0.478 e. The zero-order chi connectivity index (χ0) is 8.97. The Morgan fingerprint density at radius 2 is 2.08 bits per heavy atom. The van der Waals surface area contributed by atoms with E-state index in [2.05, 4.69) is 0 Å². The molecule has 1 aliphatic rings. The monoisotopic (exact) mass is 188 g/mol. The molecule has 0 aromatic carbocycles. The lowest BCUT2D eigenvalue weighted by molar-refractivity contribution is -0.131. The van der Waals surface area contributed by atoms with Crippen molar-refractivity contribution in [3.63, 3.8) is 0 Å². The highest BCUT2D eigenvalue weighted by molar-refractivity contribution is 6.21. The van der Waals surface area contributed by atoms with E-state index in [0.717, 1.165) is 19.3 Å². The first kappa shape index (κ1) is 9.59. The first-order valence-corrected chi connectivity index (χ1v) is 4.69. The largest absolute Gasteiger partial charge is 0.478 e. The van der Waals surface area contributed by atoms with Crippen LogP contribution in [0.3, 0.4) is 0 Å². The summed E-state index contributed by atoms with van der Waals surface area (Å²) in [6.45, 7) is 0. The van der Waals surface area contributed by atoms with E-state index in [1.165, 1.54) is 12.5 Å². The number of hydrogen-bond acceptors (Lipinski definition) is 1. The van der Waals surface area contributed by atoms with Gasteiger partial charge in [-0.2, -0.15) is 0 Å². The van der Waals surface area contributed by atoms with Crippen LogP contribution in [0.5, 0.6) is 0 Å². The predicted molar refractivity (Wildman–Crippen MR) is 48.4 cm³/mol. The highest BCUT2D eigenvalue weighted by atomic mass is 35.5. The predicted octanol–water partition coefficient (Wildman–Crippen LogP) is 2.42. The Morgan fingerprint density at radius 3 is 2.67 bits per heavy atom. The summed E-state index contributed by atoms with van der Waals surface area (Å²) in [6, 6.07) is 0. The summed E-state index contributed by atoms with van der Waals surface area (Å²) in [4.78, 5) is 10.2. The molecule has 2 atom stereocenters. The van der Waals surface area contributed by atoms with Gasteiger partial charge in [0.25, 0.3) is 0 Å². The minimum atomic E-state index is -0.885. The topological polar surface area (TPSA) is 37.3 Å². The summed E-state index contributed by atoms with van der Waals surface area (Å²) in [5, 5.41) is 8.53. The molecule has 0 radical (unpaired) electrons. The van der Waals surface area contributed by atoms with Crippen LogP contribution in [0.2, 0.25) is 0 Å². The average molecular weight is 189 g/mol. The summed E-state index contributed by atoms with van der Waals surface area (Å²) in [5.74, 6) is -0.624. The molecule has 2 nitrogen and oxygen atoms in total. The third kappa shape index (κ3) is 2.86. The lowest BCUT2D eigenvalue weighted by Crippen LogP contribution is -2.17. The highest BCUT2D eigenvalue weighted by Crippen LogP contribution is 2.29. The van der Waals surface area contributed by atoms with Crippen LogP contribution >= 0.6 is 11.6 Å². The summed E-state index contributed by atoms with van der Waals surface area (Å²) in [6.07, 6.45) is 7.29. The van der Waals surface area contributed by atoms with Crippen molar-refractivity contribution in [1.29, 1.82) is 0 Å². The number of aliphatic carboxylic acids is 1. The molecule has 12 heavy (non-hydrogen) atoms. The fourth-order valence-electron chi connectivity index (χ4n) is 1.54. The van der Waals surface area contributed by atoms with Gasteiger partial charge in [-0.25, -0.2) is 4.79 Å². The molecule has 1 aliphatic carbocycles. The molecule has 0 saturated heterocycles.